The zero-order chi connectivity index (χ0) is 19.3. The monoisotopic (exact) mass is 357 g/mol. The second-order valence-corrected chi connectivity index (χ2v) is 6.74. The maximum Gasteiger partial charge on any atom is 0.285 e. The number of hydrogen-bond acceptors (Lipinski definition) is 4. The SMILES string of the molecule is CC(C)Cc1ccc(C(C)NC(=O)Cn2cc([N+](=O)[O-])ccc2=O)cc1. The first-order valence-corrected chi connectivity index (χ1v) is 8.49. The molecule has 7 heteroatoms. The molecule has 1 amide bonds. The van der Waals surface area contributed by atoms with Gasteiger partial charge in [-0.05, 0) is 30.4 Å². The second-order valence-electron chi connectivity index (χ2n) is 6.74. The molecule has 0 aliphatic carbocycles. The van der Waals surface area contributed by atoms with Crippen LogP contribution in [0.25, 0.3) is 0 Å². The van der Waals surface area contributed by atoms with E-state index in [2.05, 4.69) is 19.2 Å². The summed E-state index contributed by atoms with van der Waals surface area (Å²) in [4.78, 5) is 34.2. The Hall–Kier alpha value is -2.96. The fraction of sp³-hybridized carbons (Fsp3) is 0.368. The highest BCUT2D eigenvalue weighted by molar-refractivity contribution is 5.76. The number of rotatable bonds is 7. The quantitative estimate of drug-likeness (QED) is 0.609. The molecular formula is C19H23N3O4. The smallest absolute Gasteiger partial charge is 0.285 e. The molecule has 2 rings (SSSR count). The van der Waals surface area contributed by atoms with Gasteiger partial charge in [-0.3, -0.25) is 24.3 Å². The third-order valence-electron chi connectivity index (χ3n) is 3.99. The molecule has 26 heavy (non-hydrogen) atoms. The lowest BCUT2D eigenvalue weighted by molar-refractivity contribution is -0.385. The van der Waals surface area contributed by atoms with E-state index < -0.39 is 10.5 Å². The fourth-order valence-corrected chi connectivity index (χ4v) is 2.69. The molecule has 0 fully saturated rings. The molecule has 7 nitrogen and oxygen atoms in total. The molecule has 1 heterocycles. The van der Waals surface area contributed by atoms with Gasteiger partial charge in [0.1, 0.15) is 6.54 Å². The summed E-state index contributed by atoms with van der Waals surface area (Å²) in [5.41, 5.74) is 1.50. The highest BCUT2D eigenvalue weighted by Gasteiger charge is 2.13. The van der Waals surface area contributed by atoms with E-state index in [4.69, 9.17) is 0 Å². The van der Waals surface area contributed by atoms with Gasteiger partial charge in [0.25, 0.3) is 11.2 Å². The lowest BCUT2D eigenvalue weighted by Crippen LogP contribution is -2.33. The lowest BCUT2D eigenvalue weighted by atomic mass is 10.00. The van der Waals surface area contributed by atoms with Gasteiger partial charge in [-0.25, -0.2) is 0 Å². The van der Waals surface area contributed by atoms with Crippen molar-refractivity contribution < 1.29 is 9.72 Å². The van der Waals surface area contributed by atoms with E-state index in [-0.39, 0.29) is 24.2 Å². The van der Waals surface area contributed by atoms with Crippen molar-refractivity contribution >= 4 is 11.6 Å². The van der Waals surface area contributed by atoms with E-state index >= 15 is 0 Å². The largest absolute Gasteiger partial charge is 0.348 e. The molecule has 0 spiro atoms. The van der Waals surface area contributed by atoms with Crippen LogP contribution in [-0.2, 0) is 17.8 Å². The number of pyridine rings is 1. The Morgan fingerprint density at radius 2 is 1.81 bits per heavy atom. The van der Waals surface area contributed by atoms with Crippen LogP contribution in [-0.4, -0.2) is 15.4 Å². The normalized spacial score (nSPS) is 12.0. The van der Waals surface area contributed by atoms with E-state index in [0.29, 0.717) is 5.92 Å². The molecule has 0 bridgehead atoms. The third-order valence-corrected chi connectivity index (χ3v) is 3.99. The van der Waals surface area contributed by atoms with Crippen molar-refractivity contribution in [2.75, 3.05) is 0 Å². The Morgan fingerprint density at radius 3 is 2.38 bits per heavy atom. The van der Waals surface area contributed by atoms with Crippen LogP contribution >= 0.6 is 0 Å². The lowest BCUT2D eigenvalue weighted by Gasteiger charge is -2.16. The van der Waals surface area contributed by atoms with Crippen molar-refractivity contribution in [1.82, 2.24) is 9.88 Å². The van der Waals surface area contributed by atoms with E-state index in [1.165, 1.54) is 5.56 Å². The number of nitrogens with zero attached hydrogens (tertiary/aromatic N) is 2. The summed E-state index contributed by atoms with van der Waals surface area (Å²) in [5, 5.41) is 13.6. The number of benzene rings is 1. The van der Waals surface area contributed by atoms with Crippen LogP contribution < -0.4 is 10.9 Å². The van der Waals surface area contributed by atoms with Gasteiger partial charge < -0.3 is 5.32 Å². The maximum absolute atomic E-state index is 12.2. The van der Waals surface area contributed by atoms with Crippen LogP contribution in [0.15, 0.2) is 47.4 Å². The minimum Gasteiger partial charge on any atom is -0.348 e. The number of carbonyl (C=O) groups excluding carboxylic acids is 1. The minimum atomic E-state index is -0.602. The highest BCUT2D eigenvalue weighted by Crippen LogP contribution is 2.15. The Morgan fingerprint density at radius 1 is 1.15 bits per heavy atom. The summed E-state index contributed by atoms with van der Waals surface area (Å²) in [6.45, 7) is 5.90. The molecule has 0 saturated carbocycles. The van der Waals surface area contributed by atoms with Crippen molar-refractivity contribution in [1.29, 1.82) is 0 Å². The number of hydrogen-bond donors (Lipinski definition) is 1. The molecular weight excluding hydrogens is 334 g/mol. The first kappa shape index (κ1) is 19.4. The van der Waals surface area contributed by atoms with Gasteiger partial charge in [0, 0.05) is 12.1 Å². The summed E-state index contributed by atoms with van der Waals surface area (Å²) in [6.07, 6.45) is 2.07. The van der Waals surface area contributed by atoms with Crippen molar-refractivity contribution in [2.45, 2.75) is 39.8 Å². The predicted octanol–water partition coefficient (Wildman–Crippen LogP) is 2.83. The Bertz CT molecular complexity index is 841. The standard InChI is InChI=1S/C19H23N3O4/c1-13(2)10-15-4-6-16(7-5-15)14(3)20-18(23)12-21-11-17(22(25)26)8-9-19(21)24/h4-9,11,13-14H,10,12H2,1-3H3,(H,20,23). The fourth-order valence-electron chi connectivity index (χ4n) is 2.69. The van der Waals surface area contributed by atoms with Gasteiger partial charge >= 0.3 is 0 Å². The highest BCUT2D eigenvalue weighted by atomic mass is 16.6. The maximum atomic E-state index is 12.2. The first-order chi connectivity index (χ1) is 12.3. The average molecular weight is 357 g/mol. The molecule has 0 saturated heterocycles. The van der Waals surface area contributed by atoms with Crippen LogP contribution in [0.4, 0.5) is 5.69 Å². The molecule has 2 aromatic rings. The summed E-state index contributed by atoms with van der Waals surface area (Å²) in [6, 6.07) is 10.0. The van der Waals surface area contributed by atoms with Crippen LogP contribution in [0.3, 0.4) is 0 Å². The van der Waals surface area contributed by atoms with Crippen LogP contribution in [0.2, 0.25) is 0 Å². The third kappa shape index (κ3) is 5.27. The molecule has 0 aliphatic rings. The number of amides is 1. The van der Waals surface area contributed by atoms with Crippen molar-refractivity contribution in [3.05, 3.63) is 74.2 Å². The van der Waals surface area contributed by atoms with E-state index in [1.807, 2.05) is 31.2 Å². The Balaban J connectivity index is 2.02. The van der Waals surface area contributed by atoms with Crippen LogP contribution in [0.5, 0.6) is 0 Å². The predicted molar refractivity (Wildman–Crippen MR) is 98.9 cm³/mol. The van der Waals surface area contributed by atoms with E-state index in [1.54, 1.807) is 0 Å². The number of nitro groups is 1. The molecule has 1 atom stereocenters. The van der Waals surface area contributed by atoms with Crippen LogP contribution in [0.1, 0.15) is 37.9 Å². The van der Waals surface area contributed by atoms with Crippen molar-refractivity contribution in [3.63, 3.8) is 0 Å². The molecule has 1 N–H and O–H groups in total. The molecule has 0 radical (unpaired) electrons. The Labute approximate surface area is 151 Å². The molecule has 1 aromatic heterocycles. The van der Waals surface area contributed by atoms with E-state index in [0.717, 1.165) is 34.9 Å². The van der Waals surface area contributed by atoms with Gasteiger partial charge in [0.15, 0.2) is 0 Å². The molecule has 138 valence electrons. The van der Waals surface area contributed by atoms with Gasteiger partial charge in [-0.15, -0.1) is 0 Å². The number of nitrogens with one attached hydrogen (secondary N) is 1. The summed E-state index contributed by atoms with van der Waals surface area (Å²) in [5.74, 6) is 0.192. The van der Waals surface area contributed by atoms with Gasteiger partial charge in [0.05, 0.1) is 17.2 Å². The summed E-state index contributed by atoms with van der Waals surface area (Å²) in [7, 11) is 0. The van der Waals surface area contributed by atoms with Crippen LogP contribution in [0, 0.1) is 16.0 Å². The van der Waals surface area contributed by atoms with Gasteiger partial charge in [-0.1, -0.05) is 38.1 Å². The molecule has 1 aromatic carbocycles. The van der Waals surface area contributed by atoms with Gasteiger partial charge in [0.2, 0.25) is 5.91 Å². The van der Waals surface area contributed by atoms with Crippen molar-refractivity contribution in [3.8, 4) is 0 Å². The summed E-state index contributed by atoms with van der Waals surface area (Å²) < 4.78 is 1.03. The summed E-state index contributed by atoms with van der Waals surface area (Å²) >= 11 is 0. The van der Waals surface area contributed by atoms with E-state index in [9.17, 15) is 19.7 Å². The molecule has 0 aliphatic heterocycles. The average Bonchev–Trinajstić information content (AvgIpc) is 2.56. The first-order valence-electron chi connectivity index (χ1n) is 8.49. The molecule has 1 unspecified atom stereocenters. The number of carbonyl (C=O) groups is 1. The minimum absolute atomic E-state index is 0.230. The zero-order valence-corrected chi connectivity index (χ0v) is 15.1. The van der Waals surface area contributed by atoms with Gasteiger partial charge in [-0.2, -0.15) is 0 Å². The van der Waals surface area contributed by atoms with Crippen molar-refractivity contribution in [2.24, 2.45) is 5.92 Å². The zero-order valence-electron chi connectivity index (χ0n) is 15.1. The Kier molecular flexibility index (Phi) is 6.27. The topological polar surface area (TPSA) is 94.2 Å². The number of aromatic nitrogens is 1. The second kappa shape index (κ2) is 8.42.